The molecule has 2 aliphatic rings. The molecule has 2 aromatic rings. The minimum atomic E-state index is -1.02. The number of hydrogen-bond donors (Lipinski definition) is 5. The maximum absolute atomic E-state index is 13.8. The highest BCUT2D eigenvalue weighted by atomic mass is 79.9. The molecule has 1 aliphatic carbocycles. The molecular formula is C23H27BrFN5O4. The van der Waals surface area contributed by atoms with Crippen LogP contribution in [-0.2, 0) is 14.4 Å². The summed E-state index contributed by atoms with van der Waals surface area (Å²) in [5.41, 5.74) is 6.13. The Morgan fingerprint density at radius 1 is 1.15 bits per heavy atom. The maximum Gasteiger partial charge on any atom is 0.268 e. The number of piperidine rings is 1. The quantitative estimate of drug-likeness (QED) is 0.333. The van der Waals surface area contributed by atoms with Gasteiger partial charge in [-0.05, 0) is 65.7 Å². The van der Waals surface area contributed by atoms with Crippen LogP contribution in [0.25, 0.3) is 10.9 Å². The molecule has 1 aromatic carbocycles. The van der Waals surface area contributed by atoms with Gasteiger partial charge in [0.05, 0.1) is 9.99 Å². The van der Waals surface area contributed by atoms with E-state index in [1.807, 2.05) is 0 Å². The zero-order valence-electron chi connectivity index (χ0n) is 18.5. The number of halogens is 2. The van der Waals surface area contributed by atoms with Crippen molar-refractivity contribution in [3.8, 4) is 0 Å². The highest BCUT2D eigenvalue weighted by Crippen LogP contribution is 2.34. The van der Waals surface area contributed by atoms with Crippen LogP contribution in [0.1, 0.15) is 49.0 Å². The topological polar surface area (TPSA) is 146 Å². The van der Waals surface area contributed by atoms with Crippen molar-refractivity contribution < 1.29 is 23.6 Å². The molecule has 2 fully saturated rings. The molecule has 1 saturated carbocycles. The Bertz CT molecular complexity index is 1130. The fraction of sp³-hybridized carbons (Fsp3) is 0.478. The number of rotatable bonds is 9. The second-order valence-electron chi connectivity index (χ2n) is 9.04. The maximum atomic E-state index is 13.8. The van der Waals surface area contributed by atoms with E-state index in [9.17, 15) is 23.6 Å². The van der Waals surface area contributed by atoms with Gasteiger partial charge >= 0.3 is 0 Å². The minimum absolute atomic E-state index is 0.110. The van der Waals surface area contributed by atoms with Gasteiger partial charge in [-0.25, -0.2) is 4.39 Å². The van der Waals surface area contributed by atoms with E-state index in [1.165, 1.54) is 6.07 Å². The third-order valence-corrected chi connectivity index (χ3v) is 7.17. The molecule has 2 heterocycles. The monoisotopic (exact) mass is 535 g/mol. The molecule has 0 radical (unpaired) electrons. The minimum Gasteiger partial charge on any atom is -0.368 e. The lowest BCUT2D eigenvalue weighted by atomic mass is 9.91. The average Bonchev–Trinajstić information content (AvgIpc) is 3.51. The van der Waals surface area contributed by atoms with Crippen LogP contribution in [0.15, 0.2) is 22.7 Å². The molecule has 3 atom stereocenters. The summed E-state index contributed by atoms with van der Waals surface area (Å²) >= 11 is 3.17. The number of primary amides is 1. The largest absolute Gasteiger partial charge is 0.368 e. The van der Waals surface area contributed by atoms with Gasteiger partial charge in [0.15, 0.2) is 0 Å². The number of nitrogens with one attached hydrogen (secondary N) is 4. The third kappa shape index (κ3) is 5.57. The Morgan fingerprint density at radius 2 is 1.91 bits per heavy atom. The van der Waals surface area contributed by atoms with Crippen LogP contribution in [0.2, 0.25) is 0 Å². The molecule has 1 aromatic heterocycles. The van der Waals surface area contributed by atoms with Crippen LogP contribution >= 0.6 is 15.9 Å². The number of carbonyl (C=O) groups is 4. The van der Waals surface area contributed by atoms with Gasteiger partial charge in [0.25, 0.3) is 5.91 Å². The summed E-state index contributed by atoms with van der Waals surface area (Å²) in [5.74, 6) is -2.50. The molecule has 4 rings (SSSR count). The van der Waals surface area contributed by atoms with Crippen molar-refractivity contribution in [1.29, 1.82) is 0 Å². The Labute approximate surface area is 203 Å². The molecule has 1 saturated heterocycles. The van der Waals surface area contributed by atoms with E-state index >= 15 is 0 Å². The molecule has 0 bridgehead atoms. The molecule has 182 valence electrons. The van der Waals surface area contributed by atoms with Crippen molar-refractivity contribution >= 4 is 50.5 Å². The van der Waals surface area contributed by atoms with E-state index in [1.54, 1.807) is 12.1 Å². The van der Waals surface area contributed by atoms with E-state index in [0.717, 1.165) is 19.3 Å². The number of aromatic nitrogens is 1. The highest BCUT2D eigenvalue weighted by Gasteiger charge is 2.34. The second-order valence-corrected chi connectivity index (χ2v) is 9.84. The Balaban J connectivity index is 1.46. The van der Waals surface area contributed by atoms with Crippen molar-refractivity contribution in [3.05, 3.63) is 34.2 Å². The Hall–Kier alpha value is -2.95. The highest BCUT2D eigenvalue weighted by molar-refractivity contribution is 9.10. The lowest BCUT2D eigenvalue weighted by Crippen LogP contribution is -2.54. The first-order valence-electron chi connectivity index (χ1n) is 11.4. The summed E-state index contributed by atoms with van der Waals surface area (Å²) in [5, 5.41) is 8.77. The van der Waals surface area contributed by atoms with Gasteiger partial charge < -0.3 is 26.7 Å². The van der Waals surface area contributed by atoms with Crippen molar-refractivity contribution in [1.82, 2.24) is 20.9 Å². The standard InChI is InChI=1S/C23H27BrFN5O4/c24-18-14(25)6-5-12-9-17(28-19(12)18)23(34)30-16(8-11-3-4-11)22(33)29-15(20(26)31)10-13-2-1-7-27-21(13)32/h5-6,9,11,13,15-16,28H,1-4,7-8,10H2,(H2,26,31)(H,27,32)(H,29,33)(H,30,34). The average molecular weight is 536 g/mol. The zero-order chi connectivity index (χ0) is 24.4. The van der Waals surface area contributed by atoms with Crippen LogP contribution in [0.3, 0.4) is 0 Å². The van der Waals surface area contributed by atoms with Crippen LogP contribution in [0, 0.1) is 17.7 Å². The van der Waals surface area contributed by atoms with Crippen molar-refractivity contribution in [2.75, 3.05) is 6.54 Å². The van der Waals surface area contributed by atoms with E-state index in [0.29, 0.717) is 36.2 Å². The summed E-state index contributed by atoms with van der Waals surface area (Å²) in [7, 11) is 0. The van der Waals surface area contributed by atoms with Gasteiger partial charge in [-0.1, -0.05) is 12.8 Å². The van der Waals surface area contributed by atoms with E-state index in [2.05, 4.69) is 36.9 Å². The normalized spacial score (nSPS) is 19.8. The number of benzene rings is 1. The van der Waals surface area contributed by atoms with Crippen molar-refractivity contribution in [3.63, 3.8) is 0 Å². The fourth-order valence-corrected chi connectivity index (χ4v) is 4.74. The molecule has 1 aliphatic heterocycles. The fourth-order valence-electron chi connectivity index (χ4n) is 4.28. The van der Waals surface area contributed by atoms with E-state index < -0.39 is 41.5 Å². The number of nitrogens with two attached hydrogens (primary N) is 1. The zero-order valence-corrected chi connectivity index (χ0v) is 20.0. The van der Waals surface area contributed by atoms with Gasteiger partial charge in [-0.15, -0.1) is 0 Å². The molecule has 6 N–H and O–H groups in total. The number of H-pyrrole nitrogens is 1. The number of fused-ring (bicyclic) bond motifs is 1. The first-order valence-corrected chi connectivity index (χ1v) is 12.2. The Morgan fingerprint density at radius 3 is 2.59 bits per heavy atom. The predicted molar refractivity (Wildman–Crippen MR) is 126 cm³/mol. The van der Waals surface area contributed by atoms with Crippen LogP contribution in [0.5, 0.6) is 0 Å². The van der Waals surface area contributed by atoms with Gasteiger partial charge in [-0.3, -0.25) is 19.2 Å². The van der Waals surface area contributed by atoms with Crippen LogP contribution in [-0.4, -0.2) is 47.2 Å². The lowest BCUT2D eigenvalue weighted by molar-refractivity contribution is -0.131. The first-order chi connectivity index (χ1) is 16.2. The lowest BCUT2D eigenvalue weighted by Gasteiger charge is -2.27. The summed E-state index contributed by atoms with van der Waals surface area (Å²) in [6, 6.07) is 2.52. The van der Waals surface area contributed by atoms with Crippen LogP contribution < -0.4 is 21.7 Å². The van der Waals surface area contributed by atoms with Crippen molar-refractivity contribution in [2.45, 2.75) is 50.6 Å². The molecule has 4 amide bonds. The SMILES string of the molecule is NC(=O)C(CC1CCCNC1=O)NC(=O)C(CC1CC1)NC(=O)c1cc2ccc(F)c(Br)c2[nH]1. The van der Waals surface area contributed by atoms with Gasteiger partial charge in [-0.2, -0.15) is 0 Å². The van der Waals surface area contributed by atoms with Gasteiger partial charge in [0, 0.05) is 17.8 Å². The third-order valence-electron chi connectivity index (χ3n) is 6.40. The second kappa shape index (κ2) is 10.1. The molecule has 3 unspecified atom stereocenters. The van der Waals surface area contributed by atoms with Gasteiger partial charge in [0.1, 0.15) is 23.6 Å². The number of carbonyl (C=O) groups excluding carboxylic acids is 4. The van der Waals surface area contributed by atoms with Crippen LogP contribution in [0.4, 0.5) is 4.39 Å². The first kappa shape index (κ1) is 24.2. The summed E-state index contributed by atoms with van der Waals surface area (Å²) < 4.78 is 14.0. The summed E-state index contributed by atoms with van der Waals surface area (Å²) in [6.45, 7) is 0.593. The summed E-state index contributed by atoms with van der Waals surface area (Å²) in [6.07, 6.45) is 3.86. The molecule has 11 heteroatoms. The van der Waals surface area contributed by atoms with Gasteiger partial charge in [0.2, 0.25) is 17.7 Å². The molecule has 34 heavy (non-hydrogen) atoms. The number of hydrogen-bond acceptors (Lipinski definition) is 4. The van der Waals surface area contributed by atoms with Crippen molar-refractivity contribution in [2.24, 2.45) is 17.6 Å². The summed E-state index contributed by atoms with van der Waals surface area (Å²) in [4.78, 5) is 53.0. The molecule has 0 spiro atoms. The smallest absolute Gasteiger partial charge is 0.268 e. The predicted octanol–water partition coefficient (Wildman–Crippen LogP) is 1.85. The number of amides is 4. The number of aromatic amines is 1. The Kier molecular flexibility index (Phi) is 7.20. The van der Waals surface area contributed by atoms with E-state index in [4.69, 9.17) is 5.73 Å². The molecular weight excluding hydrogens is 509 g/mol. The van der Waals surface area contributed by atoms with E-state index in [-0.39, 0.29) is 22.5 Å². The molecule has 9 nitrogen and oxygen atoms in total.